The van der Waals surface area contributed by atoms with Crippen molar-refractivity contribution in [2.45, 2.75) is 62.5 Å². The van der Waals surface area contributed by atoms with Gasteiger partial charge in [0.1, 0.15) is 17.3 Å². The third-order valence-corrected chi connectivity index (χ3v) is 11.8. The van der Waals surface area contributed by atoms with Crippen LogP contribution in [0.5, 0.6) is 0 Å². The molecule has 3 aromatic rings. The van der Waals surface area contributed by atoms with Gasteiger partial charge in [-0.15, -0.1) is 0 Å². The van der Waals surface area contributed by atoms with Crippen LogP contribution < -0.4 is 21.1 Å². The first-order valence-corrected chi connectivity index (χ1v) is 19.1. The molecule has 0 spiro atoms. The van der Waals surface area contributed by atoms with E-state index in [1.54, 1.807) is 42.5 Å². The van der Waals surface area contributed by atoms with Crippen LogP contribution in [0.4, 0.5) is 8.78 Å². The molecule has 2 unspecified atom stereocenters. The minimum Gasteiger partial charge on any atom is -0.368 e. The van der Waals surface area contributed by atoms with Crippen molar-refractivity contribution in [1.82, 2.24) is 15.4 Å². The van der Waals surface area contributed by atoms with Crippen molar-refractivity contribution in [1.29, 1.82) is 0 Å². The lowest BCUT2D eigenvalue weighted by molar-refractivity contribution is -0.131. The molecule has 3 aromatic carbocycles. The van der Waals surface area contributed by atoms with E-state index in [1.165, 1.54) is 38.1 Å². The summed E-state index contributed by atoms with van der Waals surface area (Å²) in [7, 11) is -8.68. The van der Waals surface area contributed by atoms with Gasteiger partial charge < -0.3 is 25.4 Å². The van der Waals surface area contributed by atoms with Crippen LogP contribution >= 0.6 is 7.60 Å². The number of sulfonamides is 1. The van der Waals surface area contributed by atoms with Gasteiger partial charge in [0.25, 0.3) is 0 Å². The van der Waals surface area contributed by atoms with E-state index in [1.807, 2.05) is 4.72 Å². The largest absolute Gasteiger partial charge is 0.404 e. The minimum atomic E-state index is -4.83. The second-order valence-corrected chi connectivity index (χ2v) is 15.7. The van der Waals surface area contributed by atoms with E-state index < -0.39 is 69.8 Å². The van der Waals surface area contributed by atoms with Crippen LogP contribution in [-0.2, 0) is 67.7 Å². The van der Waals surface area contributed by atoms with Crippen molar-refractivity contribution in [2.75, 3.05) is 13.2 Å². The van der Waals surface area contributed by atoms with Crippen molar-refractivity contribution in [2.24, 2.45) is 5.73 Å². The normalized spacial score (nSPS) is 16.9. The fourth-order valence-corrected chi connectivity index (χ4v) is 8.43. The molecule has 274 valence electrons. The van der Waals surface area contributed by atoms with Crippen molar-refractivity contribution in [3.05, 3.63) is 107 Å². The van der Waals surface area contributed by atoms with Crippen LogP contribution in [0.25, 0.3) is 0 Å². The number of primary amides is 1. The molecule has 3 atom stereocenters. The van der Waals surface area contributed by atoms with Gasteiger partial charge >= 0.3 is 13.3 Å². The van der Waals surface area contributed by atoms with E-state index >= 15 is 8.78 Å². The average molecular weight is 749 g/mol. The Morgan fingerprint density at radius 2 is 1.43 bits per heavy atom. The molecule has 0 aromatic heterocycles. The first kappa shape index (κ1) is 39.3. The van der Waals surface area contributed by atoms with Gasteiger partial charge in [0.15, 0.2) is 0 Å². The SMILES string of the molecule is CCOP(=O)(OCC)C(F)(F)c1ccc(CC(=O)N[C@@H](Cc2ccccc2)C(=O)NC(Cc2ccc(C3CC(=O)NS3(=O)=O)cc2)C(N)=O)cc1. The summed E-state index contributed by atoms with van der Waals surface area (Å²) in [6, 6.07) is 17.1. The number of amides is 4. The number of carbonyl (C=O) groups excluding carboxylic acids is 4. The van der Waals surface area contributed by atoms with Gasteiger partial charge in [0.05, 0.1) is 26.1 Å². The Balaban J connectivity index is 1.46. The first-order chi connectivity index (χ1) is 24.1. The summed E-state index contributed by atoms with van der Waals surface area (Å²) >= 11 is 0. The van der Waals surface area contributed by atoms with Gasteiger partial charge in [-0.05, 0) is 36.1 Å². The third kappa shape index (κ3) is 9.85. The highest BCUT2D eigenvalue weighted by atomic mass is 32.2. The van der Waals surface area contributed by atoms with Crippen LogP contribution in [0.3, 0.4) is 0 Å². The summed E-state index contributed by atoms with van der Waals surface area (Å²) in [6.07, 6.45) is -0.541. The standard InChI is InChI=1S/C34H39F2N4O9PS/c1-3-48-50(45,49-4-2)34(35,36)26-16-12-24(13-17-26)20-30(41)38-28(19-22-8-6-5-7-9-22)33(44)39-27(32(37)43)18-23-10-14-25(15-11-23)29-21-31(42)40-51(29,46)47/h5-17,27-29H,3-4,18-21H2,1-2H3,(H2,37,43)(H,38,41)(H,39,44)(H,40,42)/t27?,28-,29?/m0/s1. The van der Waals surface area contributed by atoms with Gasteiger partial charge in [0, 0.05) is 18.4 Å². The quantitative estimate of drug-likeness (QED) is 0.150. The molecule has 1 heterocycles. The molecule has 51 heavy (non-hydrogen) atoms. The number of hydrogen-bond acceptors (Lipinski definition) is 9. The van der Waals surface area contributed by atoms with Gasteiger partial charge in [-0.2, -0.15) is 8.78 Å². The lowest BCUT2D eigenvalue weighted by Gasteiger charge is -2.26. The monoisotopic (exact) mass is 748 g/mol. The molecule has 5 N–H and O–H groups in total. The van der Waals surface area contributed by atoms with Gasteiger partial charge in [-0.3, -0.25) is 28.5 Å². The zero-order valence-corrected chi connectivity index (χ0v) is 29.6. The van der Waals surface area contributed by atoms with Crippen LogP contribution in [0.15, 0.2) is 78.9 Å². The van der Waals surface area contributed by atoms with E-state index in [0.29, 0.717) is 22.3 Å². The average Bonchev–Trinajstić information content (AvgIpc) is 3.36. The molecule has 17 heteroatoms. The van der Waals surface area contributed by atoms with Crippen molar-refractivity contribution in [3.63, 3.8) is 0 Å². The smallest absolute Gasteiger partial charge is 0.368 e. The fourth-order valence-electron chi connectivity index (χ4n) is 5.46. The Morgan fingerprint density at radius 1 is 0.882 bits per heavy atom. The van der Waals surface area contributed by atoms with E-state index in [2.05, 4.69) is 10.6 Å². The molecule has 0 radical (unpaired) electrons. The predicted molar refractivity (Wildman–Crippen MR) is 183 cm³/mol. The zero-order valence-electron chi connectivity index (χ0n) is 27.8. The van der Waals surface area contributed by atoms with Crippen LogP contribution in [0.2, 0.25) is 0 Å². The summed E-state index contributed by atoms with van der Waals surface area (Å²) < 4.78 is 79.2. The minimum absolute atomic E-state index is 0.0382. The van der Waals surface area contributed by atoms with Crippen LogP contribution in [0, 0.1) is 0 Å². The van der Waals surface area contributed by atoms with E-state index in [-0.39, 0.29) is 38.9 Å². The molecule has 1 aliphatic heterocycles. The molecule has 1 fully saturated rings. The van der Waals surface area contributed by atoms with Gasteiger partial charge in [-0.25, -0.2) is 8.42 Å². The van der Waals surface area contributed by atoms with Crippen molar-refractivity contribution < 1.29 is 50.0 Å². The number of hydrogen-bond donors (Lipinski definition) is 4. The maximum Gasteiger partial charge on any atom is 0.404 e. The number of halogens is 2. The maximum absolute atomic E-state index is 15.2. The Kier molecular flexibility index (Phi) is 12.8. The molecule has 0 saturated carbocycles. The number of rotatable bonds is 17. The zero-order chi connectivity index (χ0) is 37.4. The summed E-state index contributed by atoms with van der Waals surface area (Å²) in [5, 5.41) is 4.19. The lowest BCUT2D eigenvalue weighted by atomic mass is 10.0. The second-order valence-electron chi connectivity index (χ2n) is 11.7. The summed E-state index contributed by atoms with van der Waals surface area (Å²) in [5.74, 6) is -2.81. The lowest BCUT2D eigenvalue weighted by Crippen LogP contribution is -2.54. The number of benzene rings is 3. The topological polar surface area (TPSA) is 200 Å². The van der Waals surface area contributed by atoms with Crippen molar-refractivity contribution in [3.8, 4) is 0 Å². The predicted octanol–water partition coefficient (Wildman–Crippen LogP) is 3.38. The maximum atomic E-state index is 15.2. The van der Waals surface area contributed by atoms with Gasteiger partial charge in [0.2, 0.25) is 33.7 Å². The highest BCUT2D eigenvalue weighted by Gasteiger charge is 2.54. The summed E-state index contributed by atoms with van der Waals surface area (Å²) in [4.78, 5) is 50.8. The Hall–Kier alpha value is -4.50. The molecule has 13 nitrogen and oxygen atoms in total. The van der Waals surface area contributed by atoms with Gasteiger partial charge in [-0.1, -0.05) is 78.9 Å². The Morgan fingerprint density at radius 3 is 1.96 bits per heavy atom. The number of nitrogens with two attached hydrogens (primary N) is 1. The van der Waals surface area contributed by atoms with Crippen molar-refractivity contribution >= 4 is 41.2 Å². The number of nitrogens with one attached hydrogen (secondary N) is 3. The van der Waals surface area contributed by atoms with E-state index in [9.17, 15) is 32.2 Å². The Labute approximate surface area is 294 Å². The van der Waals surface area contributed by atoms with E-state index in [0.717, 1.165) is 12.1 Å². The number of carbonyl (C=O) groups is 4. The highest BCUT2D eigenvalue weighted by molar-refractivity contribution is 7.90. The molecule has 1 aliphatic rings. The van der Waals surface area contributed by atoms with E-state index in [4.69, 9.17) is 14.8 Å². The molecular formula is C34H39F2N4O9PS. The molecule has 4 rings (SSSR count). The fraction of sp³-hybridized carbons (Fsp3) is 0.353. The first-order valence-electron chi connectivity index (χ1n) is 16.0. The van der Waals surface area contributed by atoms with Crippen LogP contribution in [-0.4, -0.2) is 57.3 Å². The highest BCUT2D eigenvalue weighted by Crippen LogP contribution is 2.66. The Bertz CT molecular complexity index is 1870. The second kappa shape index (κ2) is 16.7. The molecular weight excluding hydrogens is 709 g/mol. The third-order valence-electron chi connectivity index (χ3n) is 8.00. The van der Waals surface area contributed by atoms with Crippen LogP contribution in [0.1, 0.15) is 53.3 Å². The summed E-state index contributed by atoms with van der Waals surface area (Å²) in [6.45, 7) is 2.32. The molecule has 0 bridgehead atoms. The molecule has 4 amide bonds. The molecule has 0 aliphatic carbocycles. The molecule has 1 saturated heterocycles. The summed E-state index contributed by atoms with van der Waals surface area (Å²) in [5.41, 5.74) is 2.97. The number of alkyl halides is 2.